The Balaban J connectivity index is 1.55. The molecule has 0 unspecified atom stereocenters. The topological polar surface area (TPSA) is 64.4 Å². The van der Waals surface area contributed by atoms with E-state index in [1.807, 2.05) is 30.3 Å². The largest absolute Gasteiger partial charge is 0.497 e. The molecular formula is C21H15ClN2O3. The molecule has 0 spiro atoms. The van der Waals surface area contributed by atoms with Gasteiger partial charge in [0.25, 0.3) is 5.91 Å². The molecule has 0 radical (unpaired) electrons. The molecule has 0 aliphatic carbocycles. The minimum absolute atomic E-state index is 0.262. The third-order valence-corrected chi connectivity index (χ3v) is 4.43. The zero-order valence-electron chi connectivity index (χ0n) is 14.4. The number of amides is 1. The lowest BCUT2D eigenvalue weighted by Crippen LogP contribution is -2.12. The van der Waals surface area contributed by atoms with Crippen LogP contribution in [0, 0.1) is 0 Å². The highest BCUT2D eigenvalue weighted by molar-refractivity contribution is 6.34. The van der Waals surface area contributed by atoms with E-state index in [1.165, 1.54) is 0 Å². The van der Waals surface area contributed by atoms with Crippen LogP contribution in [-0.4, -0.2) is 18.0 Å². The van der Waals surface area contributed by atoms with Crippen LogP contribution in [0.15, 0.2) is 71.1 Å². The Labute approximate surface area is 160 Å². The van der Waals surface area contributed by atoms with Crippen molar-refractivity contribution in [3.63, 3.8) is 0 Å². The second kappa shape index (κ2) is 7.13. The summed E-state index contributed by atoms with van der Waals surface area (Å²) >= 11 is 6.06. The summed E-state index contributed by atoms with van der Waals surface area (Å²) in [6.45, 7) is 0. The van der Waals surface area contributed by atoms with Crippen LogP contribution in [-0.2, 0) is 0 Å². The number of carbonyl (C=O) groups is 1. The van der Waals surface area contributed by atoms with E-state index >= 15 is 0 Å². The molecule has 6 heteroatoms. The van der Waals surface area contributed by atoms with Gasteiger partial charge in [0, 0.05) is 17.3 Å². The second-order valence-electron chi connectivity index (χ2n) is 5.86. The molecule has 4 rings (SSSR count). The summed E-state index contributed by atoms with van der Waals surface area (Å²) < 4.78 is 11.0. The first-order valence-corrected chi connectivity index (χ1v) is 8.63. The normalized spacial score (nSPS) is 10.7. The van der Waals surface area contributed by atoms with Crippen molar-refractivity contribution >= 4 is 34.3 Å². The predicted molar refractivity (Wildman–Crippen MR) is 105 cm³/mol. The number of carbonyl (C=O) groups excluding carboxylic acids is 1. The van der Waals surface area contributed by atoms with Crippen LogP contribution in [0.5, 0.6) is 5.75 Å². The highest BCUT2D eigenvalue weighted by atomic mass is 35.5. The zero-order valence-corrected chi connectivity index (χ0v) is 15.2. The van der Waals surface area contributed by atoms with Crippen molar-refractivity contribution in [3.8, 4) is 17.2 Å². The van der Waals surface area contributed by atoms with E-state index in [1.54, 1.807) is 43.5 Å². The molecule has 0 fully saturated rings. The molecular weight excluding hydrogens is 364 g/mol. The Hall–Kier alpha value is -3.31. The summed E-state index contributed by atoms with van der Waals surface area (Å²) in [5.41, 5.74) is 3.29. The van der Waals surface area contributed by atoms with E-state index in [4.69, 9.17) is 20.8 Å². The van der Waals surface area contributed by atoms with Gasteiger partial charge in [0.05, 0.1) is 17.7 Å². The van der Waals surface area contributed by atoms with Gasteiger partial charge in [-0.15, -0.1) is 0 Å². The van der Waals surface area contributed by atoms with Gasteiger partial charge in [-0.25, -0.2) is 4.98 Å². The number of hydrogen-bond acceptors (Lipinski definition) is 4. The van der Waals surface area contributed by atoms with Gasteiger partial charge in [-0.3, -0.25) is 4.79 Å². The summed E-state index contributed by atoms with van der Waals surface area (Å²) in [6, 6.07) is 19.6. The molecule has 27 heavy (non-hydrogen) atoms. The van der Waals surface area contributed by atoms with Gasteiger partial charge in [0.2, 0.25) is 5.89 Å². The smallest absolute Gasteiger partial charge is 0.257 e. The fourth-order valence-corrected chi connectivity index (χ4v) is 2.92. The van der Waals surface area contributed by atoms with Crippen LogP contribution in [0.3, 0.4) is 0 Å². The molecule has 0 atom stereocenters. The van der Waals surface area contributed by atoms with Crippen LogP contribution in [0.25, 0.3) is 22.6 Å². The molecule has 0 bridgehead atoms. The van der Waals surface area contributed by atoms with E-state index < -0.39 is 0 Å². The highest BCUT2D eigenvalue weighted by Crippen LogP contribution is 2.28. The van der Waals surface area contributed by atoms with Crippen molar-refractivity contribution < 1.29 is 13.9 Å². The van der Waals surface area contributed by atoms with Crippen LogP contribution in [0.4, 0.5) is 5.69 Å². The van der Waals surface area contributed by atoms with Crippen LogP contribution in [0.1, 0.15) is 10.4 Å². The first-order chi connectivity index (χ1) is 13.1. The summed E-state index contributed by atoms with van der Waals surface area (Å²) in [6.07, 6.45) is 0. The van der Waals surface area contributed by atoms with Crippen LogP contribution in [0.2, 0.25) is 5.02 Å². The Morgan fingerprint density at radius 2 is 1.85 bits per heavy atom. The average Bonchev–Trinajstić information content (AvgIpc) is 3.12. The number of oxazole rings is 1. The first-order valence-electron chi connectivity index (χ1n) is 8.25. The fourth-order valence-electron chi connectivity index (χ4n) is 2.70. The molecule has 5 nitrogen and oxygen atoms in total. The molecule has 3 aromatic carbocycles. The van der Waals surface area contributed by atoms with Crippen LogP contribution < -0.4 is 10.1 Å². The SMILES string of the molecule is COc1ccc2oc(-c3ccc(NC(=O)c4ccccc4Cl)cc3)nc2c1. The lowest BCUT2D eigenvalue weighted by molar-refractivity contribution is 0.102. The third-order valence-electron chi connectivity index (χ3n) is 4.10. The number of nitrogens with one attached hydrogen (secondary N) is 1. The summed E-state index contributed by atoms with van der Waals surface area (Å²) in [5.74, 6) is 0.963. The number of anilines is 1. The standard InChI is InChI=1S/C21H15ClN2O3/c1-26-15-10-11-19-18(12-15)24-21(27-19)13-6-8-14(9-7-13)23-20(25)16-4-2-3-5-17(16)22/h2-12H,1H3,(H,23,25). The molecule has 0 aliphatic rings. The molecule has 1 N–H and O–H groups in total. The van der Waals surface area contributed by atoms with E-state index in [2.05, 4.69) is 10.3 Å². The van der Waals surface area contributed by atoms with Crippen molar-refractivity contribution in [3.05, 3.63) is 77.3 Å². The van der Waals surface area contributed by atoms with Gasteiger partial charge in [-0.2, -0.15) is 0 Å². The van der Waals surface area contributed by atoms with Crippen molar-refractivity contribution in [2.24, 2.45) is 0 Å². The quantitative estimate of drug-likeness (QED) is 0.515. The highest BCUT2D eigenvalue weighted by Gasteiger charge is 2.12. The zero-order chi connectivity index (χ0) is 18.8. The van der Waals surface area contributed by atoms with Crippen molar-refractivity contribution in [2.45, 2.75) is 0 Å². The minimum atomic E-state index is -0.262. The Morgan fingerprint density at radius 1 is 1.07 bits per heavy atom. The van der Waals surface area contributed by atoms with Gasteiger partial charge in [-0.1, -0.05) is 23.7 Å². The van der Waals surface area contributed by atoms with Crippen molar-refractivity contribution in [1.29, 1.82) is 0 Å². The van der Waals surface area contributed by atoms with Crippen molar-refractivity contribution in [1.82, 2.24) is 4.98 Å². The number of ether oxygens (including phenoxy) is 1. The number of nitrogens with zero attached hydrogens (tertiary/aromatic N) is 1. The molecule has 0 saturated heterocycles. The molecule has 0 saturated carbocycles. The van der Waals surface area contributed by atoms with Gasteiger partial charge in [0.15, 0.2) is 5.58 Å². The lowest BCUT2D eigenvalue weighted by atomic mass is 10.2. The molecule has 0 aliphatic heterocycles. The number of benzene rings is 3. The maximum atomic E-state index is 12.3. The number of halogens is 1. The number of methoxy groups -OCH3 is 1. The van der Waals surface area contributed by atoms with Gasteiger partial charge in [0.1, 0.15) is 11.3 Å². The summed E-state index contributed by atoms with van der Waals surface area (Å²) in [7, 11) is 1.61. The van der Waals surface area contributed by atoms with E-state index in [9.17, 15) is 4.79 Å². The van der Waals surface area contributed by atoms with Gasteiger partial charge < -0.3 is 14.5 Å². The monoisotopic (exact) mass is 378 g/mol. The second-order valence-corrected chi connectivity index (χ2v) is 6.27. The van der Waals surface area contributed by atoms with E-state index in [-0.39, 0.29) is 5.91 Å². The minimum Gasteiger partial charge on any atom is -0.497 e. The molecule has 1 amide bonds. The summed E-state index contributed by atoms with van der Waals surface area (Å²) in [5, 5.41) is 3.24. The van der Waals surface area contributed by atoms with Gasteiger partial charge in [-0.05, 0) is 48.5 Å². The maximum Gasteiger partial charge on any atom is 0.257 e. The molecule has 1 heterocycles. The van der Waals surface area contributed by atoms with E-state index in [0.717, 1.165) is 16.8 Å². The molecule has 134 valence electrons. The Kier molecular flexibility index (Phi) is 4.52. The lowest BCUT2D eigenvalue weighted by Gasteiger charge is -2.07. The average molecular weight is 379 g/mol. The Morgan fingerprint density at radius 3 is 2.59 bits per heavy atom. The van der Waals surface area contributed by atoms with E-state index in [0.29, 0.717) is 27.7 Å². The maximum absolute atomic E-state index is 12.3. The van der Waals surface area contributed by atoms with Gasteiger partial charge >= 0.3 is 0 Å². The fraction of sp³-hybridized carbons (Fsp3) is 0.0476. The third kappa shape index (κ3) is 3.50. The molecule has 1 aromatic heterocycles. The number of rotatable bonds is 4. The number of aromatic nitrogens is 1. The summed E-state index contributed by atoms with van der Waals surface area (Å²) in [4.78, 5) is 16.8. The molecule has 4 aromatic rings. The van der Waals surface area contributed by atoms with Crippen molar-refractivity contribution in [2.75, 3.05) is 12.4 Å². The first kappa shape index (κ1) is 17.1. The predicted octanol–water partition coefficient (Wildman–Crippen LogP) is 5.41. The van der Waals surface area contributed by atoms with Crippen LogP contribution >= 0.6 is 11.6 Å². The Bertz CT molecular complexity index is 1120. The number of hydrogen-bond donors (Lipinski definition) is 1. The number of fused-ring (bicyclic) bond motifs is 1.